The van der Waals surface area contributed by atoms with Crippen LogP contribution in [0.5, 0.6) is 11.5 Å². The lowest BCUT2D eigenvalue weighted by Gasteiger charge is -2.11. The largest absolute Gasteiger partial charge is 0.508 e. The van der Waals surface area contributed by atoms with E-state index < -0.39 is 5.97 Å². The van der Waals surface area contributed by atoms with Crippen LogP contribution < -0.4 is 0 Å². The second-order valence-corrected chi connectivity index (χ2v) is 7.01. The van der Waals surface area contributed by atoms with Gasteiger partial charge >= 0.3 is 5.97 Å². The van der Waals surface area contributed by atoms with Crippen LogP contribution in [0.1, 0.15) is 100 Å². The van der Waals surface area contributed by atoms with Gasteiger partial charge in [-0.25, -0.2) is 4.79 Å². The Morgan fingerprint density at radius 1 is 0.846 bits per heavy atom. The van der Waals surface area contributed by atoms with Gasteiger partial charge in [-0.2, -0.15) is 0 Å². The summed E-state index contributed by atoms with van der Waals surface area (Å²) >= 11 is 0. The first-order chi connectivity index (χ1) is 12.6. The van der Waals surface area contributed by atoms with Gasteiger partial charge in [-0.1, -0.05) is 71.1 Å². The van der Waals surface area contributed by atoms with Crippen LogP contribution in [0.15, 0.2) is 12.1 Å². The third-order valence-corrected chi connectivity index (χ3v) is 4.71. The molecule has 0 amide bonds. The lowest BCUT2D eigenvalue weighted by molar-refractivity contribution is 0.0521. The van der Waals surface area contributed by atoms with Gasteiger partial charge in [0.15, 0.2) is 0 Å². The van der Waals surface area contributed by atoms with Crippen molar-refractivity contribution in [1.82, 2.24) is 0 Å². The number of phenols is 2. The minimum atomic E-state index is -0.525. The van der Waals surface area contributed by atoms with Crippen LogP contribution in [-0.4, -0.2) is 22.8 Å². The van der Waals surface area contributed by atoms with Crippen LogP contribution >= 0.6 is 0 Å². The monoisotopic (exact) mass is 364 g/mol. The third kappa shape index (κ3) is 8.59. The number of esters is 1. The highest BCUT2D eigenvalue weighted by atomic mass is 16.5. The first kappa shape index (κ1) is 22.3. The van der Waals surface area contributed by atoms with E-state index in [9.17, 15) is 15.0 Å². The maximum Gasteiger partial charge on any atom is 0.342 e. The number of rotatable bonds is 14. The zero-order chi connectivity index (χ0) is 19.2. The quantitative estimate of drug-likeness (QED) is 0.308. The molecule has 1 rings (SSSR count). The maximum absolute atomic E-state index is 12.0. The Morgan fingerprint density at radius 2 is 1.38 bits per heavy atom. The minimum absolute atomic E-state index is 0.0198. The van der Waals surface area contributed by atoms with Crippen molar-refractivity contribution in [2.75, 3.05) is 6.61 Å². The van der Waals surface area contributed by atoms with Crippen molar-refractivity contribution in [2.24, 2.45) is 0 Å². The van der Waals surface area contributed by atoms with Gasteiger partial charge in [0, 0.05) is 6.07 Å². The summed E-state index contributed by atoms with van der Waals surface area (Å²) < 4.78 is 5.02. The van der Waals surface area contributed by atoms with Gasteiger partial charge in [-0.3, -0.25) is 0 Å². The van der Waals surface area contributed by atoms with Crippen molar-refractivity contribution in [1.29, 1.82) is 0 Å². The van der Waals surface area contributed by atoms with Crippen LogP contribution in [0.3, 0.4) is 0 Å². The van der Waals surface area contributed by atoms with E-state index in [0.29, 0.717) is 12.0 Å². The fraction of sp³-hybridized carbons (Fsp3) is 0.682. The summed E-state index contributed by atoms with van der Waals surface area (Å²) in [7, 11) is 0. The number of phenolic OH excluding ortho intramolecular Hbond substituents is 2. The highest BCUT2D eigenvalue weighted by Crippen LogP contribution is 2.29. The van der Waals surface area contributed by atoms with Gasteiger partial charge in [0.2, 0.25) is 0 Å². The van der Waals surface area contributed by atoms with E-state index in [1.165, 1.54) is 63.9 Å². The Kier molecular flexibility index (Phi) is 11.6. The number of benzene rings is 1. The van der Waals surface area contributed by atoms with Crippen molar-refractivity contribution >= 4 is 5.97 Å². The van der Waals surface area contributed by atoms with E-state index in [2.05, 4.69) is 6.92 Å². The minimum Gasteiger partial charge on any atom is -0.508 e. The van der Waals surface area contributed by atoms with E-state index in [1.54, 1.807) is 13.0 Å². The van der Waals surface area contributed by atoms with Crippen LogP contribution in [-0.2, 0) is 11.2 Å². The molecule has 1 aromatic carbocycles. The molecule has 0 aromatic heterocycles. The average molecular weight is 365 g/mol. The van der Waals surface area contributed by atoms with E-state index in [0.717, 1.165) is 12.8 Å². The molecule has 0 aliphatic carbocycles. The van der Waals surface area contributed by atoms with E-state index in [-0.39, 0.29) is 23.7 Å². The van der Waals surface area contributed by atoms with Crippen molar-refractivity contribution < 1.29 is 19.7 Å². The number of hydrogen-bond donors (Lipinski definition) is 2. The van der Waals surface area contributed by atoms with Gasteiger partial charge in [-0.15, -0.1) is 0 Å². The highest BCUT2D eigenvalue weighted by Gasteiger charge is 2.18. The predicted molar refractivity (Wildman–Crippen MR) is 106 cm³/mol. The van der Waals surface area contributed by atoms with Gasteiger partial charge in [0.05, 0.1) is 6.61 Å². The SMILES string of the molecule is CCCCCCCCCCCCCc1cc(O)cc(O)c1C(=O)OCC. The number of ether oxygens (including phenoxy) is 1. The summed E-state index contributed by atoms with van der Waals surface area (Å²) in [5, 5.41) is 19.7. The highest BCUT2D eigenvalue weighted by molar-refractivity contribution is 5.94. The third-order valence-electron chi connectivity index (χ3n) is 4.71. The Bertz CT molecular complexity index is 525. The standard InChI is InChI=1S/C22H36O4/c1-3-5-6-7-8-9-10-11-12-13-14-15-18-16-19(23)17-20(24)21(18)22(25)26-4-2/h16-17,23-24H,3-15H2,1-2H3. The topological polar surface area (TPSA) is 66.8 Å². The number of unbranched alkanes of at least 4 members (excludes halogenated alkanes) is 10. The van der Waals surface area contributed by atoms with Gasteiger partial charge in [0.1, 0.15) is 17.1 Å². The predicted octanol–water partition coefficient (Wildman–Crippen LogP) is 6.13. The van der Waals surface area contributed by atoms with Crippen LogP contribution in [0.25, 0.3) is 0 Å². The summed E-state index contributed by atoms with van der Waals surface area (Å²) in [5.74, 6) is -0.752. The lowest BCUT2D eigenvalue weighted by Crippen LogP contribution is -2.08. The van der Waals surface area contributed by atoms with Crippen LogP contribution in [0.4, 0.5) is 0 Å². The second-order valence-electron chi connectivity index (χ2n) is 7.01. The molecule has 0 spiro atoms. The normalized spacial score (nSPS) is 10.8. The summed E-state index contributed by atoms with van der Waals surface area (Å²) in [6.45, 7) is 4.24. The van der Waals surface area contributed by atoms with Gasteiger partial charge in [-0.05, 0) is 31.4 Å². The molecule has 0 saturated heterocycles. The molecule has 0 heterocycles. The molecule has 1 aromatic rings. The molecule has 0 radical (unpaired) electrons. The Morgan fingerprint density at radius 3 is 1.92 bits per heavy atom. The van der Waals surface area contributed by atoms with Gasteiger partial charge in [0.25, 0.3) is 0 Å². The molecule has 0 atom stereocenters. The lowest BCUT2D eigenvalue weighted by atomic mass is 9.99. The zero-order valence-corrected chi connectivity index (χ0v) is 16.6. The first-order valence-corrected chi connectivity index (χ1v) is 10.3. The summed E-state index contributed by atoms with van der Waals surface area (Å²) in [6, 6.07) is 2.75. The summed E-state index contributed by atoms with van der Waals surface area (Å²) in [6.07, 6.45) is 14.5. The Labute approximate surface area is 158 Å². The molecule has 2 N–H and O–H groups in total. The number of aromatic hydroxyl groups is 2. The molecule has 26 heavy (non-hydrogen) atoms. The van der Waals surface area contributed by atoms with Crippen molar-refractivity contribution in [2.45, 2.75) is 90.9 Å². The average Bonchev–Trinajstić information content (AvgIpc) is 2.59. The molecule has 0 unspecified atom stereocenters. The van der Waals surface area contributed by atoms with E-state index in [4.69, 9.17) is 4.74 Å². The maximum atomic E-state index is 12.0. The Hall–Kier alpha value is -1.71. The van der Waals surface area contributed by atoms with Crippen molar-refractivity contribution in [3.63, 3.8) is 0 Å². The molecular weight excluding hydrogens is 328 g/mol. The molecule has 0 aliphatic heterocycles. The zero-order valence-electron chi connectivity index (χ0n) is 16.6. The smallest absolute Gasteiger partial charge is 0.342 e. The molecular formula is C22H36O4. The molecule has 0 bridgehead atoms. The van der Waals surface area contributed by atoms with Crippen molar-refractivity contribution in [3.05, 3.63) is 23.3 Å². The number of carbonyl (C=O) groups excluding carboxylic acids is 1. The van der Waals surface area contributed by atoms with Crippen LogP contribution in [0, 0.1) is 0 Å². The molecule has 4 nitrogen and oxygen atoms in total. The fourth-order valence-corrected chi connectivity index (χ4v) is 3.28. The summed E-state index contributed by atoms with van der Waals surface area (Å²) in [4.78, 5) is 12.0. The molecule has 0 fully saturated rings. The first-order valence-electron chi connectivity index (χ1n) is 10.3. The molecule has 148 valence electrons. The van der Waals surface area contributed by atoms with Crippen molar-refractivity contribution in [3.8, 4) is 11.5 Å². The number of hydrogen-bond acceptors (Lipinski definition) is 4. The fourth-order valence-electron chi connectivity index (χ4n) is 3.28. The van der Waals surface area contributed by atoms with Crippen LogP contribution in [0.2, 0.25) is 0 Å². The molecule has 0 aliphatic rings. The summed E-state index contributed by atoms with van der Waals surface area (Å²) in [5.41, 5.74) is 0.855. The van der Waals surface area contributed by atoms with E-state index in [1.807, 2.05) is 0 Å². The Balaban J connectivity index is 2.29. The molecule has 4 heteroatoms. The number of carbonyl (C=O) groups is 1. The van der Waals surface area contributed by atoms with Gasteiger partial charge < -0.3 is 14.9 Å². The number of aryl methyl sites for hydroxylation is 1. The molecule has 0 saturated carbocycles. The van der Waals surface area contributed by atoms with E-state index >= 15 is 0 Å². The second kappa shape index (κ2) is 13.5.